The molecule has 1 heterocycles. The molecule has 148 valence electrons. The van der Waals surface area contributed by atoms with Crippen LogP contribution in [0.1, 0.15) is 34.1 Å². The Labute approximate surface area is 170 Å². The maximum Gasteiger partial charge on any atom is 0.269 e. The van der Waals surface area contributed by atoms with E-state index in [4.69, 9.17) is 18.9 Å². The maximum absolute atomic E-state index is 12.4. The molecule has 2 aromatic rings. The molecular formula is C19H19BrN2O6. The Balaban J connectivity index is 1.67. The van der Waals surface area contributed by atoms with E-state index < -0.39 is 11.8 Å². The van der Waals surface area contributed by atoms with Gasteiger partial charge >= 0.3 is 0 Å². The van der Waals surface area contributed by atoms with Crippen LogP contribution in [0.5, 0.6) is 23.0 Å². The summed E-state index contributed by atoms with van der Waals surface area (Å²) in [6.45, 7) is 2.63. The zero-order chi connectivity index (χ0) is 20.1. The Morgan fingerprint density at radius 1 is 1.07 bits per heavy atom. The molecule has 9 heteroatoms. The quantitative estimate of drug-likeness (QED) is 0.656. The van der Waals surface area contributed by atoms with Crippen molar-refractivity contribution in [1.82, 2.24) is 10.9 Å². The molecule has 1 aliphatic rings. The largest absolute Gasteiger partial charge is 0.493 e. The molecule has 0 radical (unpaired) electrons. The van der Waals surface area contributed by atoms with Gasteiger partial charge in [-0.3, -0.25) is 20.4 Å². The van der Waals surface area contributed by atoms with E-state index in [0.29, 0.717) is 45.2 Å². The Hall–Kier alpha value is -2.94. The highest BCUT2D eigenvalue weighted by Crippen LogP contribution is 2.37. The van der Waals surface area contributed by atoms with Crippen LogP contribution in [0.15, 0.2) is 34.8 Å². The number of hydrazine groups is 1. The summed E-state index contributed by atoms with van der Waals surface area (Å²) in [5, 5.41) is 0. The van der Waals surface area contributed by atoms with E-state index in [1.807, 2.05) is 6.92 Å². The van der Waals surface area contributed by atoms with Crippen molar-refractivity contribution in [3.05, 3.63) is 45.9 Å². The molecule has 8 nitrogen and oxygen atoms in total. The summed E-state index contributed by atoms with van der Waals surface area (Å²) >= 11 is 3.38. The van der Waals surface area contributed by atoms with Gasteiger partial charge in [-0.25, -0.2) is 0 Å². The molecular weight excluding hydrogens is 432 g/mol. The third kappa shape index (κ3) is 4.30. The monoisotopic (exact) mass is 450 g/mol. The van der Waals surface area contributed by atoms with Crippen molar-refractivity contribution in [2.24, 2.45) is 0 Å². The van der Waals surface area contributed by atoms with Gasteiger partial charge in [0, 0.05) is 11.1 Å². The van der Waals surface area contributed by atoms with E-state index in [0.717, 1.165) is 6.42 Å². The van der Waals surface area contributed by atoms with E-state index in [9.17, 15) is 9.59 Å². The summed E-state index contributed by atoms with van der Waals surface area (Å²) < 4.78 is 22.0. The Morgan fingerprint density at radius 2 is 1.79 bits per heavy atom. The first-order chi connectivity index (χ1) is 13.5. The number of rotatable bonds is 6. The van der Waals surface area contributed by atoms with E-state index in [-0.39, 0.29) is 6.79 Å². The predicted octanol–water partition coefficient (Wildman–Crippen LogP) is 3.05. The van der Waals surface area contributed by atoms with Crippen molar-refractivity contribution in [2.45, 2.75) is 13.3 Å². The molecule has 2 aromatic carbocycles. The number of benzene rings is 2. The first kappa shape index (κ1) is 19.8. The Morgan fingerprint density at radius 3 is 2.50 bits per heavy atom. The molecule has 2 N–H and O–H groups in total. The first-order valence-electron chi connectivity index (χ1n) is 8.54. The van der Waals surface area contributed by atoms with E-state index in [1.54, 1.807) is 24.3 Å². The molecule has 0 atom stereocenters. The number of nitrogens with one attached hydrogen (secondary N) is 2. The number of ether oxygens (including phenoxy) is 4. The maximum atomic E-state index is 12.4. The number of hydrogen-bond acceptors (Lipinski definition) is 6. The van der Waals surface area contributed by atoms with Crippen LogP contribution in [-0.2, 0) is 0 Å². The minimum atomic E-state index is -0.505. The van der Waals surface area contributed by atoms with Crippen LogP contribution < -0.4 is 29.8 Å². The van der Waals surface area contributed by atoms with Gasteiger partial charge in [-0.1, -0.05) is 6.92 Å². The zero-order valence-corrected chi connectivity index (χ0v) is 16.9. The molecule has 28 heavy (non-hydrogen) atoms. The number of carbonyl (C=O) groups is 2. The lowest BCUT2D eigenvalue weighted by Crippen LogP contribution is -2.41. The SMILES string of the molecule is CCCOc1c(Br)cc(C(=O)NNC(=O)c2ccc3c(c2)OCO3)cc1OC. The number of hydrogen-bond donors (Lipinski definition) is 2. The second-order valence-electron chi connectivity index (χ2n) is 5.81. The van der Waals surface area contributed by atoms with Gasteiger partial charge < -0.3 is 18.9 Å². The second-order valence-corrected chi connectivity index (χ2v) is 6.67. The lowest BCUT2D eigenvalue weighted by Gasteiger charge is -2.14. The van der Waals surface area contributed by atoms with Crippen LogP contribution in [0.25, 0.3) is 0 Å². The molecule has 0 aliphatic carbocycles. The molecule has 1 aliphatic heterocycles. The van der Waals surface area contributed by atoms with E-state index in [1.165, 1.54) is 13.2 Å². The number of carbonyl (C=O) groups excluding carboxylic acids is 2. The summed E-state index contributed by atoms with van der Waals surface area (Å²) in [5.74, 6) is 0.995. The van der Waals surface area contributed by atoms with Crippen LogP contribution in [0, 0.1) is 0 Å². The van der Waals surface area contributed by atoms with Gasteiger partial charge in [0.25, 0.3) is 11.8 Å². The van der Waals surface area contributed by atoms with Crippen molar-refractivity contribution in [3.8, 4) is 23.0 Å². The minimum absolute atomic E-state index is 0.117. The third-order valence-electron chi connectivity index (χ3n) is 3.87. The van der Waals surface area contributed by atoms with Gasteiger partial charge in [0.15, 0.2) is 23.0 Å². The van der Waals surface area contributed by atoms with Crippen molar-refractivity contribution in [2.75, 3.05) is 20.5 Å². The molecule has 0 bridgehead atoms. The number of amides is 2. The van der Waals surface area contributed by atoms with Crippen LogP contribution in [0.3, 0.4) is 0 Å². The number of halogens is 1. The lowest BCUT2D eigenvalue weighted by molar-refractivity contribution is 0.0846. The summed E-state index contributed by atoms with van der Waals surface area (Å²) in [6.07, 6.45) is 0.837. The van der Waals surface area contributed by atoms with Crippen molar-refractivity contribution in [1.29, 1.82) is 0 Å². The van der Waals surface area contributed by atoms with Gasteiger partial charge in [-0.05, 0) is 52.7 Å². The Kier molecular flexibility index (Phi) is 6.25. The summed E-state index contributed by atoms with van der Waals surface area (Å²) in [4.78, 5) is 24.7. The predicted molar refractivity (Wildman–Crippen MR) is 104 cm³/mol. The van der Waals surface area contributed by atoms with Gasteiger partial charge in [0.05, 0.1) is 18.2 Å². The number of methoxy groups -OCH3 is 1. The number of fused-ring (bicyclic) bond motifs is 1. The van der Waals surface area contributed by atoms with Crippen LogP contribution in [-0.4, -0.2) is 32.3 Å². The fraction of sp³-hybridized carbons (Fsp3) is 0.263. The summed E-state index contributed by atoms with van der Waals surface area (Å²) in [6, 6.07) is 7.89. The fourth-order valence-electron chi connectivity index (χ4n) is 2.49. The first-order valence-corrected chi connectivity index (χ1v) is 9.33. The van der Waals surface area contributed by atoms with Crippen LogP contribution in [0.2, 0.25) is 0 Å². The van der Waals surface area contributed by atoms with Crippen molar-refractivity contribution in [3.63, 3.8) is 0 Å². The standard InChI is InChI=1S/C19H19BrN2O6/c1-3-6-26-17-13(20)7-12(9-16(17)25-2)19(24)22-21-18(23)11-4-5-14-15(8-11)28-10-27-14/h4-5,7-9H,3,6,10H2,1-2H3,(H,21,23)(H,22,24). The molecule has 3 rings (SSSR count). The molecule has 0 aromatic heterocycles. The van der Waals surface area contributed by atoms with Gasteiger partial charge in [-0.2, -0.15) is 0 Å². The molecule has 0 spiro atoms. The topological polar surface area (TPSA) is 95.1 Å². The highest BCUT2D eigenvalue weighted by Gasteiger charge is 2.18. The smallest absolute Gasteiger partial charge is 0.269 e. The molecule has 0 fully saturated rings. The van der Waals surface area contributed by atoms with E-state index in [2.05, 4.69) is 26.8 Å². The van der Waals surface area contributed by atoms with E-state index >= 15 is 0 Å². The van der Waals surface area contributed by atoms with Crippen molar-refractivity contribution >= 4 is 27.7 Å². The average molecular weight is 451 g/mol. The zero-order valence-electron chi connectivity index (χ0n) is 15.3. The Bertz CT molecular complexity index is 902. The van der Waals surface area contributed by atoms with Crippen LogP contribution >= 0.6 is 15.9 Å². The van der Waals surface area contributed by atoms with Gasteiger partial charge in [0.2, 0.25) is 6.79 Å². The summed E-state index contributed by atoms with van der Waals surface area (Å²) in [5.41, 5.74) is 5.37. The van der Waals surface area contributed by atoms with Gasteiger partial charge in [-0.15, -0.1) is 0 Å². The molecule has 2 amide bonds. The normalized spacial score (nSPS) is 11.7. The molecule has 0 saturated heterocycles. The molecule has 0 saturated carbocycles. The molecule has 0 unspecified atom stereocenters. The van der Waals surface area contributed by atoms with Crippen LogP contribution in [0.4, 0.5) is 0 Å². The lowest BCUT2D eigenvalue weighted by atomic mass is 10.2. The average Bonchev–Trinajstić information content (AvgIpc) is 3.18. The summed E-state index contributed by atoms with van der Waals surface area (Å²) in [7, 11) is 1.49. The third-order valence-corrected chi connectivity index (χ3v) is 4.46. The second kappa shape index (κ2) is 8.83. The highest BCUT2D eigenvalue weighted by molar-refractivity contribution is 9.10. The van der Waals surface area contributed by atoms with Gasteiger partial charge in [0.1, 0.15) is 0 Å². The minimum Gasteiger partial charge on any atom is -0.493 e. The highest BCUT2D eigenvalue weighted by atomic mass is 79.9. The van der Waals surface area contributed by atoms with Crippen molar-refractivity contribution < 1.29 is 28.5 Å². The fourth-order valence-corrected chi connectivity index (χ4v) is 3.05.